The van der Waals surface area contributed by atoms with Crippen LogP contribution in [0.4, 0.5) is 0 Å². The quantitative estimate of drug-likeness (QED) is 0.488. The lowest BCUT2D eigenvalue weighted by Gasteiger charge is -2.17. The number of rotatable bonds is 0. The minimum Gasteiger partial charge on any atom is -0.287 e. The first-order valence-electron chi connectivity index (χ1n) is 2.79. The van der Waals surface area contributed by atoms with Crippen LogP contribution in [-0.2, 0) is 0 Å². The van der Waals surface area contributed by atoms with E-state index in [1.165, 1.54) is 5.01 Å². The zero-order valence-corrected chi connectivity index (χ0v) is 5.46. The molecule has 1 aliphatic heterocycles. The van der Waals surface area contributed by atoms with Crippen molar-refractivity contribution in [2.45, 2.75) is 6.92 Å². The normalized spacial score (nSPS) is 18.2. The Balaban J connectivity index is 2.82. The van der Waals surface area contributed by atoms with Gasteiger partial charge in [0.05, 0.1) is 0 Å². The molecule has 9 heavy (non-hydrogen) atoms. The number of hydrazine groups is 1. The number of nitrogens with two attached hydrogens (primary N) is 1. The lowest BCUT2D eigenvalue weighted by atomic mass is 10.2. The molecule has 1 aliphatic rings. The topological polar surface area (TPSA) is 29.3 Å². The number of nitrogens with zero attached hydrogens (tertiary/aromatic N) is 1. The maximum Gasteiger partial charge on any atom is 0.0496 e. The molecule has 48 valence electrons. The molecule has 0 saturated carbocycles. The van der Waals surface area contributed by atoms with Gasteiger partial charge in [-0.05, 0) is 18.6 Å². The van der Waals surface area contributed by atoms with E-state index in [9.17, 15) is 0 Å². The zero-order valence-electron chi connectivity index (χ0n) is 5.46. The van der Waals surface area contributed by atoms with Crippen LogP contribution in [0.15, 0.2) is 36.2 Å². The Morgan fingerprint density at radius 2 is 2.22 bits per heavy atom. The molecule has 0 bridgehead atoms. The molecule has 0 amide bonds. The molecule has 0 spiro atoms. The van der Waals surface area contributed by atoms with E-state index >= 15 is 0 Å². The van der Waals surface area contributed by atoms with E-state index in [1.54, 1.807) is 0 Å². The first-order valence-corrected chi connectivity index (χ1v) is 2.79. The standard InChI is InChI=1S/C7H10N2/c1-6-3-4-7(2)9(8)5-6/h3-5H,2,8H2,1H3. The second-order valence-electron chi connectivity index (χ2n) is 2.11. The number of hydrogen-bond acceptors (Lipinski definition) is 2. The van der Waals surface area contributed by atoms with Gasteiger partial charge in [-0.2, -0.15) is 0 Å². The fourth-order valence-corrected chi connectivity index (χ4v) is 0.659. The van der Waals surface area contributed by atoms with Crippen LogP contribution in [0.5, 0.6) is 0 Å². The molecule has 1 rings (SSSR count). The van der Waals surface area contributed by atoms with Gasteiger partial charge in [0.15, 0.2) is 0 Å². The highest BCUT2D eigenvalue weighted by atomic mass is 15.4. The van der Waals surface area contributed by atoms with Crippen LogP contribution in [0.3, 0.4) is 0 Å². The fraction of sp³-hybridized carbons (Fsp3) is 0.143. The Kier molecular flexibility index (Phi) is 1.40. The second-order valence-corrected chi connectivity index (χ2v) is 2.11. The molecule has 2 nitrogen and oxygen atoms in total. The molecule has 0 aliphatic carbocycles. The Morgan fingerprint density at radius 1 is 1.56 bits per heavy atom. The van der Waals surface area contributed by atoms with Gasteiger partial charge in [0.1, 0.15) is 0 Å². The minimum absolute atomic E-state index is 0.820. The average molecular weight is 122 g/mol. The van der Waals surface area contributed by atoms with Crippen molar-refractivity contribution in [2.75, 3.05) is 0 Å². The van der Waals surface area contributed by atoms with E-state index in [-0.39, 0.29) is 0 Å². The van der Waals surface area contributed by atoms with Gasteiger partial charge in [-0.25, -0.2) is 5.84 Å². The summed E-state index contributed by atoms with van der Waals surface area (Å²) < 4.78 is 0. The molecule has 2 N–H and O–H groups in total. The Morgan fingerprint density at radius 3 is 2.67 bits per heavy atom. The smallest absolute Gasteiger partial charge is 0.0496 e. The molecule has 0 aromatic carbocycles. The van der Waals surface area contributed by atoms with Crippen molar-refractivity contribution >= 4 is 0 Å². The van der Waals surface area contributed by atoms with E-state index in [2.05, 4.69) is 6.58 Å². The second kappa shape index (κ2) is 2.07. The summed E-state index contributed by atoms with van der Waals surface area (Å²) in [5.41, 5.74) is 1.96. The summed E-state index contributed by atoms with van der Waals surface area (Å²) in [6, 6.07) is 0. The van der Waals surface area contributed by atoms with E-state index in [0.29, 0.717) is 0 Å². The molecule has 0 fully saturated rings. The largest absolute Gasteiger partial charge is 0.287 e. The lowest BCUT2D eigenvalue weighted by Crippen LogP contribution is -2.24. The van der Waals surface area contributed by atoms with Crippen LogP contribution in [0.25, 0.3) is 0 Å². The van der Waals surface area contributed by atoms with Gasteiger partial charge in [0.25, 0.3) is 0 Å². The van der Waals surface area contributed by atoms with Crippen molar-refractivity contribution in [3.8, 4) is 0 Å². The molecule has 0 unspecified atom stereocenters. The molecule has 0 aromatic rings. The highest BCUT2D eigenvalue weighted by molar-refractivity contribution is 5.29. The molecular weight excluding hydrogens is 112 g/mol. The lowest BCUT2D eigenvalue weighted by molar-refractivity contribution is 0.503. The van der Waals surface area contributed by atoms with Gasteiger partial charge in [0, 0.05) is 11.9 Å². The first-order chi connectivity index (χ1) is 4.20. The van der Waals surface area contributed by atoms with Crippen LogP contribution < -0.4 is 5.84 Å². The predicted molar refractivity (Wildman–Crippen MR) is 38.1 cm³/mol. The summed E-state index contributed by atoms with van der Waals surface area (Å²) in [4.78, 5) is 0. The third kappa shape index (κ3) is 1.21. The van der Waals surface area contributed by atoms with Crippen molar-refractivity contribution in [3.05, 3.63) is 36.2 Å². The van der Waals surface area contributed by atoms with Gasteiger partial charge >= 0.3 is 0 Å². The van der Waals surface area contributed by atoms with E-state index in [0.717, 1.165) is 11.3 Å². The molecule has 2 heteroatoms. The SMILES string of the molecule is C=C1C=CC(C)=CN1N. The van der Waals surface area contributed by atoms with Gasteiger partial charge in [-0.3, -0.25) is 5.01 Å². The van der Waals surface area contributed by atoms with Crippen LogP contribution >= 0.6 is 0 Å². The Hall–Kier alpha value is -1.02. The maximum absolute atomic E-state index is 5.47. The van der Waals surface area contributed by atoms with Gasteiger partial charge < -0.3 is 0 Å². The maximum atomic E-state index is 5.47. The highest BCUT2D eigenvalue weighted by Crippen LogP contribution is 2.09. The van der Waals surface area contributed by atoms with Gasteiger partial charge in [-0.1, -0.05) is 12.7 Å². The Bertz CT molecular complexity index is 189. The van der Waals surface area contributed by atoms with Crippen molar-refractivity contribution in [2.24, 2.45) is 5.84 Å². The molecular formula is C7H10N2. The molecule has 0 saturated heterocycles. The van der Waals surface area contributed by atoms with E-state index in [1.807, 2.05) is 25.3 Å². The summed E-state index contributed by atoms with van der Waals surface area (Å²) in [7, 11) is 0. The average Bonchev–Trinajstić information content (AvgIpc) is 1.80. The number of allylic oxidation sites excluding steroid dienone is 3. The van der Waals surface area contributed by atoms with Gasteiger partial charge in [0.2, 0.25) is 0 Å². The molecule has 0 atom stereocenters. The van der Waals surface area contributed by atoms with Crippen LogP contribution in [-0.4, -0.2) is 5.01 Å². The van der Waals surface area contributed by atoms with Crippen LogP contribution in [0.1, 0.15) is 6.92 Å². The highest BCUT2D eigenvalue weighted by Gasteiger charge is 1.99. The van der Waals surface area contributed by atoms with Crippen molar-refractivity contribution < 1.29 is 0 Å². The van der Waals surface area contributed by atoms with Crippen LogP contribution in [0, 0.1) is 0 Å². The molecule has 1 heterocycles. The van der Waals surface area contributed by atoms with Crippen molar-refractivity contribution in [1.82, 2.24) is 5.01 Å². The third-order valence-electron chi connectivity index (χ3n) is 1.21. The summed E-state index contributed by atoms with van der Waals surface area (Å²) >= 11 is 0. The molecule has 0 aromatic heterocycles. The van der Waals surface area contributed by atoms with Gasteiger partial charge in [-0.15, -0.1) is 0 Å². The van der Waals surface area contributed by atoms with E-state index < -0.39 is 0 Å². The van der Waals surface area contributed by atoms with Crippen molar-refractivity contribution in [1.29, 1.82) is 0 Å². The van der Waals surface area contributed by atoms with Crippen LogP contribution in [0.2, 0.25) is 0 Å². The summed E-state index contributed by atoms with van der Waals surface area (Å²) in [5.74, 6) is 5.47. The third-order valence-corrected chi connectivity index (χ3v) is 1.21. The monoisotopic (exact) mass is 122 g/mol. The first kappa shape index (κ1) is 6.11. The minimum atomic E-state index is 0.820. The summed E-state index contributed by atoms with van der Waals surface area (Å²) in [6.45, 7) is 5.69. The Labute approximate surface area is 54.9 Å². The number of hydrogen-bond donors (Lipinski definition) is 1. The predicted octanol–water partition coefficient (Wildman–Crippen LogP) is 1.15. The van der Waals surface area contributed by atoms with E-state index in [4.69, 9.17) is 5.84 Å². The molecule has 0 radical (unpaired) electrons. The zero-order chi connectivity index (χ0) is 6.85. The fourth-order valence-electron chi connectivity index (χ4n) is 0.659. The van der Waals surface area contributed by atoms with Crippen molar-refractivity contribution in [3.63, 3.8) is 0 Å². The summed E-state index contributed by atoms with van der Waals surface area (Å²) in [5, 5.41) is 1.51. The summed E-state index contributed by atoms with van der Waals surface area (Å²) in [6.07, 6.45) is 5.70.